The van der Waals surface area contributed by atoms with Gasteiger partial charge in [-0.2, -0.15) is 5.10 Å². The van der Waals surface area contributed by atoms with Crippen LogP contribution in [0.2, 0.25) is 0 Å². The molecule has 1 aromatic heterocycles. The van der Waals surface area contributed by atoms with E-state index in [0.717, 1.165) is 15.4 Å². The Kier molecular flexibility index (Phi) is 4.59. The van der Waals surface area contributed by atoms with Crippen molar-refractivity contribution in [3.8, 4) is 0 Å². The predicted octanol–water partition coefficient (Wildman–Crippen LogP) is 3.73. The highest BCUT2D eigenvalue weighted by atomic mass is 79.9. The quantitative estimate of drug-likeness (QED) is 0.888. The lowest BCUT2D eigenvalue weighted by molar-refractivity contribution is 0.424. The normalized spacial score (nSPS) is 14.4. The number of halogens is 2. The van der Waals surface area contributed by atoms with E-state index in [2.05, 4.69) is 56.0 Å². The molecular formula is C13H15Br2N3. The van der Waals surface area contributed by atoms with Crippen molar-refractivity contribution in [3.63, 3.8) is 0 Å². The zero-order chi connectivity index (χ0) is 13.1. The van der Waals surface area contributed by atoms with Gasteiger partial charge in [-0.25, -0.2) is 0 Å². The van der Waals surface area contributed by atoms with Gasteiger partial charge in [0.05, 0.1) is 16.7 Å². The summed E-state index contributed by atoms with van der Waals surface area (Å²) in [7, 11) is 0. The second-order valence-electron chi connectivity index (χ2n) is 4.21. The Labute approximate surface area is 124 Å². The number of benzene rings is 1. The van der Waals surface area contributed by atoms with Crippen molar-refractivity contribution in [1.82, 2.24) is 9.78 Å². The van der Waals surface area contributed by atoms with Gasteiger partial charge in [-0.15, -0.1) is 0 Å². The summed E-state index contributed by atoms with van der Waals surface area (Å²) >= 11 is 6.87. The minimum absolute atomic E-state index is 0.0398. The second kappa shape index (κ2) is 5.99. The maximum absolute atomic E-state index is 6.24. The minimum Gasteiger partial charge on any atom is -0.326 e. The SMILES string of the molecule is CCC(N)C(c1ccc(Br)cc1)n1cc(Br)cn1. The third-order valence-corrected chi connectivity index (χ3v) is 3.88. The lowest BCUT2D eigenvalue weighted by Crippen LogP contribution is -2.32. The number of hydrogen-bond donors (Lipinski definition) is 1. The average molecular weight is 373 g/mol. The average Bonchev–Trinajstić information content (AvgIpc) is 2.78. The molecule has 1 aromatic carbocycles. The Morgan fingerprint density at radius 3 is 2.39 bits per heavy atom. The van der Waals surface area contributed by atoms with E-state index in [0.29, 0.717) is 0 Å². The van der Waals surface area contributed by atoms with E-state index in [1.165, 1.54) is 5.56 Å². The first-order valence-electron chi connectivity index (χ1n) is 5.82. The van der Waals surface area contributed by atoms with Gasteiger partial charge in [-0.1, -0.05) is 35.0 Å². The highest BCUT2D eigenvalue weighted by Gasteiger charge is 2.21. The van der Waals surface area contributed by atoms with Crippen molar-refractivity contribution in [2.24, 2.45) is 5.73 Å². The van der Waals surface area contributed by atoms with Gasteiger partial charge in [0.15, 0.2) is 0 Å². The number of nitrogens with two attached hydrogens (primary N) is 1. The van der Waals surface area contributed by atoms with E-state index in [9.17, 15) is 0 Å². The van der Waals surface area contributed by atoms with Gasteiger partial charge in [0.1, 0.15) is 0 Å². The molecule has 0 saturated carbocycles. The summed E-state index contributed by atoms with van der Waals surface area (Å²) in [5.74, 6) is 0. The highest BCUT2D eigenvalue weighted by molar-refractivity contribution is 9.10. The van der Waals surface area contributed by atoms with Gasteiger partial charge < -0.3 is 5.73 Å². The van der Waals surface area contributed by atoms with E-state index in [4.69, 9.17) is 5.73 Å². The topological polar surface area (TPSA) is 43.8 Å². The van der Waals surface area contributed by atoms with Crippen LogP contribution in [-0.2, 0) is 0 Å². The monoisotopic (exact) mass is 371 g/mol. The fourth-order valence-corrected chi connectivity index (χ4v) is 2.51. The number of rotatable bonds is 4. The van der Waals surface area contributed by atoms with Crippen molar-refractivity contribution in [1.29, 1.82) is 0 Å². The molecule has 3 nitrogen and oxygen atoms in total. The van der Waals surface area contributed by atoms with Crippen LogP contribution in [0.1, 0.15) is 24.9 Å². The molecule has 5 heteroatoms. The number of aromatic nitrogens is 2. The molecule has 2 N–H and O–H groups in total. The number of nitrogens with zero attached hydrogens (tertiary/aromatic N) is 2. The molecule has 1 heterocycles. The molecule has 0 amide bonds. The molecule has 2 aromatic rings. The van der Waals surface area contributed by atoms with Crippen molar-refractivity contribution in [2.45, 2.75) is 25.4 Å². The zero-order valence-corrected chi connectivity index (χ0v) is 13.2. The molecule has 0 radical (unpaired) electrons. The summed E-state index contributed by atoms with van der Waals surface area (Å²) < 4.78 is 3.95. The van der Waals surface area contributed by atoms with Crippen LogP contribution < -0.4 is 5.73 Å². The standard InChI is InChI=1S/C13H15Br2N3/c1-2-12(16)13(18-8-11(15)7-17-18)9-3-5-10(14)6-4-9/h3-8,12-13H,2,16H2,1H3. The molecule has 0 aliphatic heterocycles. The Balaban J connectivity index is 2.39. The maximum atomic E-state index is 6.24. The molecule has 18 heavy (non-hydrogen) atoms. The summed E-state index contributed by atoms with van der Waals surface area (Å²) in [6.07, 6.45) is 4.65. The Morgan fingerprint density at radius 1 is 1.22 bits per heavy atom. The highest BCUT2D eigenvalue weighted by Crippen LogP contribution is 2.25. The van der Waals surface area contributed by atoms with Gasteiger partial charge in [0, 0.05) is 16.7 Å². The third kappa shape index (κ3) is 3.02. The van der Waals surface area contributed by atoms with Crippen molar-refractivity contribution in [3.05, 3.63) is 51.2 Å². The summed E-state index contributed by atoms with van der Waals surface area (Å²) in [6, 6.07) is 8.33. The van der Waals surface area contributed by atoms with Crippen LogP contribution in [0.5, 0.6) is 0 Å². The Morgan fingerprint density at radius 2 is 1.89 bits per heavy atom. The predicted molar refractivity (Wildman–Crippen MR) is 80.5 cm³/mol. The van der Waals surface area contributed by atoms with Crippen LogP contribution in [0, 0.1) is 0 Å². The van der Waals surface area contributed by atoms with Crippen molar-refractivity contribution in [2.75, 3.05) is 0 Å². The smallest absolute Gasteiger partial charge is 0.0919 e. The Bertz CT molecular complexity index is 507. The molecule has 0 fully saturated rings. The lowest BCUT2D eigenvalue weighted by atomic mass is 9.98. The van der Waals surface area contributed by atoms with Crippen LogP contribution >= 0.6 is 31.9 Å². The van der Waals surface area contributed by atoms with Crippen LogP contribution in [0.15, 0.2) is 45.6 Å². The number of hydrogen-bond acceptors (Lipinski definition) is 2. The molecule has 2 atom stereocenters. The fourth-order valence-electron chi connectivity index (χ4n) is 1.95. The molecule has 96 valence electrons. The Hall–Kier alpha value is -0.650. The van der Waals surface area contributed by atoms with E-state index < -0.39 is 0 Å². The van der Waals surface area contributed by atoms with Gasteiger partial charge >= 0.3 is 0 Å². The molecule has 2 unspecified atom stereocenters. The lowest BCUT2D eigenvalue weighted by Gasteiger charge is -2.24. The van der Waals surface area contributed by atoms with E-state index >= 15 is 0 Å². The molecule has 2 rings (SSSR count). The van der Waals surface area contributed by atoms with Crippen LogP contribution in [0.25, 0.3) is 0 Å². The summed E-state index contributed by atoms with van der Waals surface area (Å²) in [5.41, 5.74) is 7.41. The first-order chi connectivity index (χ1) is 8.61. The maximum Gasteiger partial charge on any atom is 0.0919 e. The summed E-state index contributed by atoms with van der Waals surface area (Å²) in [6.45, 7) is 2.09. The molecule has 0 spiro atoms. The van der Waals surface area contributed by atoms with Crippen LogP contribution in [-0.4, -0.2) is 15.8 Å². The van der Waals surface area contributed by atoms with Gasteiger partial charge in [0.2, 0.25) is 0 Å². The molecule has 0 bridgehead atoms. The summed E-state index contributed by atoms with van der Waals surface area (Å²) in [4.78, 5) is 0. The molecule has 0 aliphatic carbocycles. The van der Waals surface area contributed by atoms with E-state index in [1.807, 2.05) is 23.0 Å². The fraction of sp³-hybridized carbons (Fsp3) is 0.308. The van der Waals surface area contributed by atoms with Crippen molar-refractivity contribution < 1.29 is 0 Å². The first kappa shape index (κ1) is 13.8. The van der Waals surface area contributed by atoms with Gasteiger partial charge in [-0.05, 0) is 40.0 Å². The van der Waals surface area contributed by atoms with Gasteiger partial charge in [-0.3, -0.25) is 4.68 Å². The molecular weight excluding hydrogens is 358 g/mol. The molecule has 0 aliphatic rings. The first-order valence-corrected chi connectivity index (χ1v) is 7.41. The second-order valence-corrected chi connectivity index (χ2v) is 6.04. The van der Waals surface area contributed by atoms with E-state index in [-0.39, 0.29) is 12.1 Å². The van der Waals surface area contributed by atoms with Crippen molar-refractivity contribution >= 4 is 31.9 Å². The van der Waals surface area contributed by atoms with E-state index in [1.54, 1.807) is 6.20 Å². The minimum atomic E-state index is 0.0398. The zero-order valence-electron chi connectivity index (χ0n) is 10.1. The van der Waals surface area contributed by atoms with Gasteiger partial charge in [0.25, 0.3) is 0 Å². The van der Waals surface area contributed by atoms with Crippen LogP contribution in [0.3, 0.4) is 0 Å². The third-order valence-electron chi connectivity index (χ3n) is 2.94. The van der Waals surface area contributed by atoms with Crippen LogP contribution in [0.4, 0.5) is 0 Å². The largest absolute Gasteiger partial charge is 0.326 e. The molecule has 0 saturated heterocycles. The summed E-state index contributed by atoms with van der Waals surface area (Å²) in [5, 5.41) is 4.36.